The van der Waals surface area contributed by atoms with E-state index in [-0.39, 0.29) is 17.2 Å². The van der Waals surface area contributed by atoms with E-state index in [1.54, 1.807) is 18.5 Å². The summed E-state index contributed by atoms with van der Waals surface area (Å²) in [6, 6.07) is 5.54. The molecule has 0 saturated heterocycles. The molecule has 1 aromatic rings. The zero-order chi connectivity index (χ0) is 12.9. The number of hydrogen-bond acceptors (Lipinski definition) is 3. The van der Waals surface area contributed by atoms with Crippen LogP contribution in [-0.2, 0) is 11.0 Å². The molecule has 1 unspecified atom stereocenters. The molecule has 0 spiro atoms. The van der Waals surface area contributed by atoms with E-state index in [9.17, 15) is 4.21 Å². The highest BCUT2D eigenvalue weighted by atomic mass is 32.2. The van der Waals surface area contributed by atoms with Crippen molar-refractivity contribution in [3.8, 4) is 6.07 Å². The molecule has 2 atom stereocenters. The quantitative estimate of drug-likeness (QED) is 0.891. The highest BCUT2D eigenvalue weighted by molar-refractivity contribution is 7.84. The Balaban J connectivity index is 2.82. The van der Waals surface area contributed by atoms with E-state index in [1.165, 1.54) is 0 Å². The minimum Gasteiger partial charge on any atom is -0.264 e. The van der Waals surface area contributed by atoms with Crippen LogP contribution in [0, 0.1) is 11.3 Å². The number of aromatic nitrogens is 1. The van der Waals surface area contributed by atoms with Crippen molar-refractivity contribution in [3.63, 3.8) is 0 Å². The van der Waals surface area contributed by atoms with Gasteiger partial charge in [0.05, 0.1) is 34.3 Å². The molecule has 0 aliphatic heterocycles. The number of pyridine rings is 1. The average molecular weight is 251 g/mol. The monoisotopic (exact) mass is 251 g/mol. The van der Waals surface area contributed by atoms with Gasteiger partial charge in [0, 0.05) is 12.4 Å². The molecule has 0 aliphatic rings. The molecule has 0 radical (unpaired) electrons. The Labute approximate surface area is 105 Å². The SMILES string of the molecule is CC(C)(C)S(=O)N[C@H](CC#N)c1cccnc1. The van der Waals surface area contributed by atoms with E-state index in [2.05, 4.69) is 15.8 Å². The number of rotatable bonds is 4. The molecule has 1 heterocycles. The molecule has 0 aliphatic carbocycles. The lowest BCUT2D eigenvalue weighted by Crippen LogP contribution is -2.35. The van der Waals surface area contributed by atoms with Crippen molar-refractivity contribution in [3.05, 3.63) is 30.1 Å². The third kappa shape index (κ3) is 4.25. The van der Waals surface area contributed by atoms with Crippen LogP contribution in [-0.4, -0.2) is 13.9 Å². The third-order valence-corrected chi connectivity index (χ3v) is 3.80. The van der Waals surface area contributed by atoms with Crippen molar-refractivity contribution in [2.24, 2.45) is 0 Å². The maximum atomic E-state index is 12.0. The van der Waals surface area contributed by atoms with Gasteiger partial charge in [-0.3, -0.25) is 4.98 Å². The summed E-state index contributed by atoms with van der Waals surface area (Å²) in [7, 11) is -1.20. The number of nitrogens with one attached hydrogen (secondary N) is 1. The van der Waals surface area contributed by atoms with Crippen molar-refractivity contribution >= 4 is 11.0 Å². The van der Waals surface area contributed by atoms with Crippen LogP contribution in [0.25, 0.3) is 0 Å². The van der Waals surface area contributed by atoms with Gasteiger partial charge < -0.3 is 0 Å². The van der Waals surface area contributed by atoms with E-state index < -0.39 is 11.0 Å². The predicted octanol–water partition coefficient (Wildman–Crippen LogP) is 2.09. The fraction of sp³-hybridized carbons (Fsp3) is 0.500. The van der Waals surface area contributed by atoms with Gasteiger partial charge in [-0.15, -0.1) is 0 Å². The van der Waals surface area contributed by atoms with Crippen LogP contribution in [0.3, 0.4) is 0 Å². The molecular formula is C12H17N3OS. The standard InChI is InChI=1S/C12H17N3OS/c1-12(2,3)17(16)15-11(6-7-13)10-5-4-8-14-9-10/h4-5,8-9,11,15H,6H2,1-3H3/t11-,17?/m1/s1. The van der Waals surface area contributed by atoms with E-state index in [0.29, 0.717) is 0 Å². The van der Waals surface area contributed by atoms with Gasteiger partial charge in [-0.05, 0) is 32.4 Å². The molecule has 0 bridgehead atoms. The number of hydrogen-bond donors (Lipinski definition) is 1. The Bertz CT molecular complexity index is 420. The average Bonchev–Trinajstić information content (AvgIpc) is 2.28. The lowest BCUT2D eigenvalue weighted by atomic mass is 10.1. The van der Waals surface area contributed by atoms with Gasteiger partial charge in [0.1, 0.15) is 0 Å². The van der Waals surface area contributed by atoms with E-state index in [4.69, 9.17) is 5.26 Å². The molecule has 92 valence electrons. The highest BCUT2D eigenvalue weighted by Crippen LogP contribution is 2.19. The highest BCUT2D eigenvalue weighted by Gasteiger charge is 2.23. The predicted molar refractivity (Wildman–Crippen MR) is 68.2 cm³/mol. The van der Waals surface area contributed by atoms with Gasteiger partial charge in [-0.2, -0.15) is 5.26 Å². The molecule has 1 N–H and O–H groups in total. The minimum absolute atomic E-state index is 0.242. The molecule has 0 saturated carbocycles. The lowest BCUT2D eigenvalue weighted by molar-refractivity contribution is 0.602. The summed E-state index contributed by atoms with van der Waals surface area (Å²) in [6.45, 7) is 5.67. The van der Waals surface area contributed by atoms with E-state index in [1.807, 2.05) is 26.8 Å². The normalized spacial score (nSPS) is 14.9. The fourth-order valence-electron chi connectivity index (χ4n) is 1.21. The van der Waals surface area contributed by atoms with E-state index >= 15 is 0 Å². The summed E-state index contributed by atoms with van der Waals surface area (Å²) < 4.78 is 14.6. The summed E-state index contributed by atoms with van der Waals surface area (Å²) in [5, 5.41) is 8.80. The Morgan fingerprint density at radius 1 is 1.59 bits per heavy atom. The first-order valence-electron chi connectivity index (χ1n) is 5.40. The van der Waals surface area contributed by atoms with Crippen molar-refractivity contribution < 1.29 is 4.21 Å². The minimum atomic E-state index is -1.20. The summed E-state index contributed by atoms with van der Waals surface area (Å²) in [6.07, 6.45) is 3.63. The first-order chi connectivity index (χ1) is 7.95. The topological polar surface area (TPSA) is 65.8 Å². The van der Waals surface area contributed by atoms with Crippen LogP contribution >= 0.6 is 0 Å². The van der Waals surface area contributed by atoms with E-state index in [0.717, 1.165) is 5.56 Å². The molecule has 4 nitrogen and oxygen atoms in total. The van der Waals surface area contributed by atoms with Crippen LogP contribution < -0.4 is 4.72 Å². The molecule has 0 fully saturated rings. The summed E-state index contributed by atoms with van der Waals surface area (Å²) in [5.41, 5.74) is 0.881. The molecule has 5 heteroatoms. The van der Waals surface area contributed by atoms with Gasteiger partial charge in [0.25, 0.3) is 0 Å². The van der Waals surface area contributed by atoms with Gasteiger partial charge in [-0.25, -0.2) is 8.93 Å². The van der Waals surface area contributed by atoms with Crippen molar-refractivity contribution in [2.45, 2.75) is 38.0 Å². The molecule has 1 aromatic heterocycles. The molecule has 1 rings (SSSR count). The Morgan fingerprint density at radius 2 is 2.29 bits per heavy atom. The van der Waals surface area contributed by atoms with Crippen LogP contribution in [0.4, 0.5) is 0 Å². The van der Waals surface area contributed by atoms with Crippen molar-refractivity contribution in [1.29, 1.82) is 5.26 Å². The number of nitriles is 1. The summed E-state index contributed by atoms with van der Waals surface area (Å²) in [5.74, 6) is 0. The maximum absolute atomic E-state index is 12.0. The third-order valence-electron chi connectivity index (χ3n) is 2.19. The van der Waals surface area contributed by atoms with Crippen LogP contribution in [0.15, 0.2) is 24.5 Å². The largest absolute Gasteiger partial charge is 0.264 e. The van der Waals surface area contributed by atoms with Crippen LogP contribution in [0.1, 0.15) is 38.8 Å². The number of nitrogens with zero attached hydrogens (tertiary/aromatic N) is 2. The molecule has 0 aromatic carbocycles. The molecule has 17 heavy (non-hydrogen) atoms. The second kappa shape index (κ2) is 5.89. The van der Waals surface area contributed by atoms with Crippen LogP contribution in [0.5, 0.6) is 0 Å². The Hall–Kier alpha value is -1.25. The second-order valence-electron chi connectivity index (χ2n) is 4.70. The van der Waals surface area contributed by atoms with Gasteiger partial charge >= 0.3 is 0 Å². The first-order valence-corrected chi connectivity index (χ1v) is 6.55. The van der Waals surface area contributed by atoms with Crippen molar-refractivity contribution in [1.82, 2.24) is 9.71 Å². The Morgan fingerprint density at radius 3 is 2.76 bits per heavy atom. The molecule has 0 amide bonds. The van der Waals surface area contributed by atoms with Gasteiger partial charge in [0.2, 0.25) is 0 Å². The fourth-order valence-corrected chi connectivity index (χ4v) is 2.04. The summed E-state index contributed by atoms with van der Waals surface area (Å²) >= 11 is 0. The van der Waals surface area contributed by atoms with Crippen LogP contribution in [0.2, 0.25) is 0 Å². The smallest absolute Gasteiger partial charge is 0.0976 e. The van der Waals surface area contributed by atoms with Gasteiger partial charge in [-0.1, -0.05) is 6.07 Å². The van der Waals surface area contributed by atoms with Crippen molar-refractivity contribution in [2.75, 3.05) is 0 Å². The zero-order valence-electron chi connectivity index (χ0n) is 10.3. The first kappa shape index (κ1) is 13.8. The maximum Gasteiger partial charge on any atom is 0.0976 e. The zero-order valence-corrected chi connectivity index (χ0v) is 11.1. The molecular weight excluding hydrogens is 234 g/mol. The second-order valence-corrected chi connectivity index (χ2v) is 6.70. The summed E-state index contributed by atoms with van der Waals surface area (Å²) in [4.78, 5) is 4.01. The Kier molecular flexibility index (Phi) is 4.79. The van der Waals surface area contributed by atoms with Gasteiger partial charge in [0.15, 0.2) is 0 Å². The lowest BCUT2D eigenvalue weighted by Gasteiger charge is -2.22.